The van der Waals surface area contributed by atoms with E-state index in [0.717, 1.165) is 52.8 Å². The highest BCUT2D eigenvalue weighted by Crippen LogP contribution is 2.43. The average Bonchev–Trinajstić information content (AvgIpc) is 3.23. The molecule has 1 saturated heterocycles. The number of allylic oxidation sites excluding steroid dienone is 4. The van der Waals surface area contributed by atoms with Gasteiger partial charge in [-0.2, -0.15) is 0 Å². The van der Waals surface area contributed by atoms with Gasteiger partial charge in [0.05, 0.1) is 32.3 Å². The topological polar surface area (TPSA) is 75.6 Å². The maximum atomic E-state index is 10.9. The SMILES string of the molecule is CCc1ccc([C@@H]2O[C@H](CO)[C@@H](OCc3ccccc3)[C@@H](OCc3ccccc3)[C@H]2OCc2ccccc2)cc1C(C1=CC=CCC1)C1=COC=CO1. The van der Waals surface area contributed by atoms with Crippen molar-refractivity contribution in [3.8, 4) is 0 Å². The molecule has 4 aromatic carbocycles. The van der Waals surface area contributed by atoms with Crippen molar-refractivity contribution in [1.82, 2.24) is 0 Å². The Balaban J connectivity index is 1.30. The summed E-state index contributed by atoms with van der Waals surface area (Å²) in [6.07, 6.45) is 11.0. The summed E-state index contributed by atoms with van der Waals surface area (Å²) in [4.78, 5) is 0. The Morgan fingerprint density at radius 1 is 0.736 bits per heavy atom. The predicted octanol–water partition coefficient (Wildman–Crippen LogP) is 9.16. The fraction of sp³-hybridized carbons (Fsp3) is 0.304. The van der Waals surface area contributed by atoms with Crippen LogP contribution in [0, 0.1) is 0 Å². The minimum absolute atomic E-state index is 0.159. The maximum absolute atomic E-state index is 10.9. The van der Waals surface area contributed by atoms with Crippen LogP contribution >= 0.6 is 0 Å². The van der Waals surface area contributed by atoms with E-state index in [1.807, 2.05) is 78.9 Å². The zero-order valence-corrected chi connectivity index (χ0v) is 30.2. The molecule has 2 aliphatic heterocycles. The number of aliphatic hydroxyl groups excluding tert-OH is 1. The number of hydrogen-bond donors (Lipinski definition) is 1. The largest absolute Gasteiger partial charge is 0.466 e. The highest BCUT2D eigenvalue weighted by molar-refractivity contribution is 5.46. The first-order valence-corrected chi connectivity index (χ1v) is 18.6. The van der Waals surface area contributed by atoms with E-state index < -0.39 is 30.5 Å². The first-order chi connectivity index (χ1) is 26.2. The Morgan fingerprint density at radius 2 is 1.36 bits per heavy atom. The molecule has 7 heteroatoms. The van der Waals surface area contributed by atoms with Gasteiger partial charge in [0, 0.05) is 0 Å². The lowest BCUT2D eigenvalue weighted by molar-refractivity contribution is -0.272. The van der Waals surface area contributed by atoms with Crippen LogP contribution in [0.1, 0.15) is 65.2 Å². The molecule has 0 bridgehead atoms. The van der Waals surface area contributed by atoms with Crippen molar-refractivity contribution in [2.75, 3.05) is 6.61 Å². The molecule has 274 valence electrons. The van der Waals surface area contributed by atoms with Crippen molar-refractivity contribution in [3.63, 3.8) is 0 Å². The summed E-state index contributed by atoms with van der Waals surface area (Å²) < 4.78 is 39.1. The minimum atomic E-state index is -0.680. The molecular formula is C46H48O7. The van der Waals surface area contributed by atoms with E-state index in [4.69, 9.17) is 28.4 Å². The van der Waals surface area contributed by atoms with Gasteiger partial charge in [-0.15, -0.1) is 0 Å². The summed E-state index contributed by atoms with van der Waals surface area (Å²) in [5, 5.41) is 10.9. The van der Waals surface area contributed by atoms with Gasteiger partial charge in [0.15, 0.2) is 0 Å². The van der Waals surface area contributed by atoms with E-state index in [2.05, 4.69) is 55.5 Å². The number of rotatable bonds is 15. The van der Waals surface area contributed by atoms with Crippen molar-refractivity contribution in [2.45, 2.75) is 82.4 Å². The molecule has 1 unspecified atom stereocenters. The lowest BCUT2D eigenvalue weighted by Gasteiger charge is -2.46. The second kappa shape index (κ2) is 18.3. The average molecular weight is 713 g/mol. The van der Waals surface area contributed by atoms with Crippen molar-refractivity contribution < 1.29 is 33.5 Å². The second-order valence-corrected chi connectivity index (χ2v) is 13.6. The molecule has 7 nitrogen and oxygen atoms in total. The predicted molar refractivity (Wildman–Crippen MR) is 204 cm³/mol. The Kier molecular flexibility index (Phi) is 12.7. The first-order valence-electron chi connectivity index (χ1n) is 18.6. The van der Waals surface area contributed by atoms with Gasteiger partial charge >= 0.3 is 0 Å². The van der Waals surface area contributed by atoms with E-state index in [9.17, 15) is 5.11 Å². The maximum Gasteiger partial charge on any atom is 0.150 e. The normalized spacial score (nSPS) is 23.0. The van der Waals surface area contributed by atoms with E-state index in [1.54, 1.807) is 12.5 Å². The van der Waals surface area contributed by atoms with Crippen LogP contribution in [0.15, 0.2) is 158 Å². The number of aryl methyl sites for hydroxylation is 1. The third-order valence-electron chi connectivity index (χ3n) is 10.1. The van der Waals surface area contributed by atoms with Crippen LogP contribution in [-0.4, -0.2) is 36.1 Å². The monoisotopic (exact) mass is 712 g/mol. The Bertz CT molecular complexity index is 1870. The van der Waals surface area contributed by atoms with Crippen LogP contribution in [0.5, 0.6) is 0 Å². The third-order valence-corrected chi connectivity index (χ3v) is 10.1. The molecule has 6 atom stereocenters. The molecule has 0 aromatic heterocycles. The van der Waals surface area contributed by atoms with Crippen molar-refractivity contribution in [2.24, 2.45) is 0 Å². The van der Waals surface area contributed by atoms with Crippen LogP contribution in [0.2, 0.25) is 0 Å². The molecule has 1 fully saturated rings. The Labute approximate surface area is 312 Å². The molecule has 0 spiro atoms. The van der Waals surface area contributed by atoms with Gasteiger partial charge in [-0.25, -0.2) is 0 Å². The molecule has 1 N–H and O–H groups in total. The van der Waals surface area contributed by atoms with Crippen LogP contribution < -0.4 is 0 Å². The van der Waals surface area contributed by atoms with Gasteiger partial charge in [0.1, 0.15) is 55.1 Å². The fourth-order valence-corrected chi connectivity index (χ4v) is 7.39. The molecule has 2 heterocycles. The van der Waals surface area contributed by atoms with Gasteiger partial charge in [0.25, 0.3) is 0 Å². The highest BCUT2D eigenvalue weighted by Gasteiger charge is 2.49. The molecule has 0 saturated carbocycles. The smallest absolute Gasteiger partial charge is 0.150 e. The van der Waals surface area contributed by atoms with E-state index in [-0.39, 0.29) is 12.5 Å². The van der Waals surface area contributed by atoms with Crippen molar-refractivity contribution >= 4 is 0 Å². The highest BCUT2D eigenvalue weighted by atomic mass is 16.6. The molecule has 0 amide bonds. The Hall–Kier alpha value is -4.76. The van der Waals surface area contributed by atoms with Crippen molar-refractivity contribution in [1.29, 1.82) is 0 Å². The molecular weight excluding hydrogens is 664 g/mol. The van der Waals surface area contributed by atoms with E-state index in [0.29, 0.717) is 19.8 Å². The molecule has 3 aliphatic rings. The molecule has 1 aliphatic carbocycles. The van der Waals surface area contributed by atoms with E-state index in [1.165, 1.54) is 17.4 Å². The van der Waals surface area contributed by atoms with E-state index >= 15 is 0 Å². The number of benzene rings is 4. The van der Waals surface area contributed by atoms with Gasteiger partial charge in [-0.05, 0) is 52.6 Å². The standard InChI is InChI=1S/C46H48O7/c1-2-36-23-24-38(27-39(36)42(37-21-13-6-14-22-37)41-32-48-25-26-49-41)43-45(51-30-34-17-9-4-10-18-34)46(52-31-35-19-11-5-12-20-35)44(40(28-47)53-43)50-29-33-15-7-3-8-16-33/h3-13,15-21,23-27,32,40,42-47H,2,14,22,28-31H2,1H3/t40-,42?,43+,44-,45+,46-/m1/s1. The van der Waals surface area contributed by atoms with Gasteiger partial charge < -0.3 is 33.5 Å². The molecule has 7 rings (SSSR count). The first kappa shape index (κ1) is 36.6. The number of aliphatic hydroxyl groups is 1. The lowest BCUT2D eigenvalue weighted by Crippen LogP contribution is -2.58. The quantitative estimate of drug-likeness (QED) is 0.132. The molecule has 53 heavy (non-hydrogen) atoms. The summed E-state index contributed by atoms with van der Waals surface area (Å²) in [7, 11) is 0. The van der Waals surface area contributed by atoms with Crippen molar-refractivity contribution in [3.05, 3.63) is 191 Å². The van der Waals surface area contributed by atoms with Gasteiger partial charge in [-0.3, -0.25) is 0 Å². The minimum Gasteiger partial charge on any atom is -0.466 e. The zero-order valence-electron chi connectivity index (χ0n) is 30.2. The molecule has 0 radical (unpaired) electrons. The van der Waals surface area contributed by atoms with Gasteiger partial charge in [-0.1, -0.05) is 140 Å². The van der Waals surface area contributed by atoms with Crippen LogP contribution in [0.4, 0.5) is 0 Å². The summed E-state index contributed by atoms with van der Waals surface area (Å²) >= 11 is 0. The second-order valence-electron chi connectivity index (χ2n) is 13.6. The zero-order chi connectivity index (χ0) is 36.2. The summed E-state index contributed by atoms with van der Waals surface area (Å²) in [5.41, 5.74) is 7.57. The van der Waals surface area contributed by atoms with Crippen LogP contribution in [0.3, 0.4) is 0 Å². The lowest BCUT2D eigenvalue weighted by atomic mass is 9.80. The summed E-state index contributed by atoms with van der Waals surface area (Å²) in [6, 6.07) is 36.8. The summed E-state index contributed by atoms with van der Waals surface area (Å²) in [6.45, 7) is 2.94. The van der Waals surface area contributed by atoms with Crippen LogP contribution in [0.25, 0.3) is 0 Å². The number of hydrogen-bond acceptors (Lipinski definition) is 7. The molecule has 4 aromatic rings. The summed E-state index contributed by atoms with van der Waals surface area (Å²) in [5.74, 6) is 0.571. The fourth-order valence-electron chi connectivity index (χ4n) is 7.39. The Morgan fingerprint density at radius 3 is 1.91 bits per heavy atom. The third kappa shape index (κ3) is 9.07. The number of ether oxygens (including phenoxy) is 6. The van der Waals surface area contributed by atoms with Gasteiger partial charge in [0.2, 0.25) is 0 Å². The van der Waals surface area contributed by atoms with Crippen LogP contribution in [-0.2, 0) is 54.7 Å².